The summed E-state index contributed by atoms with van der Waals surface area (Å²) < 4.78 is 0. The highest BCUT2D eigenvalue weighted by Gasteiger charge is 2.24. The van der Waals surface area contributed by atoms with E-state index in [1.807, 2.05) is 23.1 Å². The van der Waals surface area contributed by atoms with Crippen molar-refractivity contribution < 1.29 is 4.79 Å². The standard InChI is InChI=1S/C16H18ClN3O/c17-14-5-1-4-13(10-14)16(21)20-8-2-3-12(11-20)9-15-6-7-18-19-15/h1,4-7,10,12H,2-3,8-9,11H2,(H,18,19)/t12-/m0/s1. The van der Waals surface area contributed by atoms with Gasteiger partial charge in [0.15, 0.2) is 0 Å². The molecule has 5 heteroatoms. The Kier molecular flexibility index (Phi) is 4.25. The smallest absolute Gasteiger partial charge is 0.253 e. The largest absolute Gasteiger partial charge is 0.338 e. The third kappa shape index (κ3) is 3.45. The number of halogens is 1. The van der Waals surface area contributed by atoms with Gasteiger partial charge in [0.2, 0.25) is 0 Å². The Morgan fingerprint density at radius 3 is 3.10 bits per heavy atom. The quantitative estimate of drug-likeness (QED) is 0.947. The van der Waals surface area contributed by atoms with Crippen LogP contribution in [0.15, 0.2) is 36.5 Å². The molecule has 110 valence electrons. The number of nitrogens with one attached hydrogen (secondary N) is 1. The summed E-state index contributed by atoms with van der Waals surface area (Å²) in [5.41, 5.74) is 1.81. The number of nitrogens with zero attached hydrogens (tertiary/aromatic N) is 2. The van der Waals surface area contributed by atoms with Crippen LogP contribution in [-0.2, 0) is 6.42 Å². The predicted octanol–water partition coefficient (Wildman–Crippen LogP) is 3.16. The fourth-order valence-electron chi connectivity index (χ4n) is 2.93. The van der Waals surface area contributed by atoms with E-state index in [0.717, 1.165) is 38.0 Å². The third-order valence-electron chi connectivity index (χ3n) is 3.94. The number of piperidine rings is 1. The van der Waals surface area contributed by atoms with Crippen LogP contribution in [0.3, 0.4) is 0 Å². The van der Waals surface area contributed by atoms with Gasteiger partial charge in [0.1, 0.15) is 0 Å². The molecule has 2 heterocycles. The van der Waals surface area contributed by atoms with Crippen LogP contribution < -0.4 is 0 Å². The average Bonchev–Trinajstić information content (AvgIpc) is 3.00. The second-order valence-corrected chi connectivity index (χ2v) is 5.99. The van der Waals surface area contributed by atoms with E-state index >= 15 is 0 Å². The van der Waals surface area contributed by atoms with Gasteiger partial charge in [-0.1, -0.05) is 17.7 Å². The number of carbonyl (C=O) groups excluding carboxylic acids is 1. The number of benzene rings is 1. The zero-order valence-corrected chi connectivity index (χ0v) is 12.5. The first-order chi connectivity index (χ1) is 10.2. The first kappa shape index (κ1) is 14.1. The molecule has 1 aromatic carbocycles. The van der Waals surface area contributed by atoms with E-state index in [2.05, 4.69) is 10.2 Å². The van der Waals surface area contributed by atoms with Gasteiger partial charge in [-0.15, -0.1) is 0 Å². The number of aromatic nitrogens is 2. The van der Waals surface area contributed by atoms with Gasteiger partial charge >= 0.3 is 0 Å². The van der Waals surface area contributed by atoms with Crippen LogP contribution in [0.1, 0.15) is 28.9 Å². The van der Waals surface area contributed by atoms with E-state index < -0.39 is 0 Å². The maximum Gasteiger partial charge on any atom is 0.253 e. The lowest BCUT2D eigenvalue weighted by atomic mass is 9.93. The molecule has 21 heavy (non-hydrogen) atoms. The van der Waals surface area contributed by atoms with Crippen LogP contribution in [-0.4, -0.2) is 34.1 Å². The monoisotopic (exact) mass is 303 g/mol. The lowest BCUT2D eigenvalue weighted by molar-refractivity contribution is 0.0673. The van der Waals surface area contributed by atoms with Crippen LogP contribution in [0.25, 0.3) is 0 Å². The third-order valence-corrected chi connectivity index (χ3v) is 4.18. The van der Waals surface area contributed by atoms with Crippen molar-refractivity contribution in [1.29, 1.82) is 0 Å². The highest BCUT2D eigenvalue weighted by molar-refractivity contribution is 6.30. The number of amides is 1. The topological polar surface area (TPSA) is 49.0 Å². The minimum Gasteiger partial charge on any atom is -0.338 e. The summed E-state index contributed by atoms with van der Waals surface area (Å²) in [5.74, 6) is 0.564. The Labute approximate surface area is 129 Å². The van der Waals surface area contributed by atoms with Crippen molar-refractivity contribution in [3.63, 3.8) is 0 Å². The van der Waals surface area contributed by atoms with Crippen molar-refractivity contribution in [2.24, 2.45) is 5.92 Å². The Balaban J connectivity index is 1.66. The van der Waals surface area contributed by atoms with Crippen LogP contribution in [0.4, 0.5) is 0 Å². The van der Waals surface area contributed by atoms with Gasteiger partial charge < -0.3 is 4.90 Å². The van der Waals surface area contributed by atoms with Crippen molar-refractivity contribution in [3.8, 4) is 0 Å². The molecule has 0 unspecified atom stereocenters. The average molecular weight is 304 g/mol. The van der Waals surface area contributed by atoms with E-state index in [4.69, 9.17) is 11.6 Å². The van der Waals surface area contributed by atoms with Crippen molar-refractivity contribution in [3.05, 3.63) is 52.8 Å². The van der Waals surface area contributed by atoms with E-state index in [1.165, 1.54) is 0 Å². The molecule has 1 atom stereocenters. The number of aromatic amines is 1. The van der Waals surface area contributed by atoms with Gasteiger partial charge in [-0.2, -0.15) is 5.10 Å². The van der Waals surface area contributed by atoms with Gasteiger partial charge in [0.05, 0.1) is 0 Å². The molecule has 1 amide bonds. The minimum absolute atomic E-state index is 0.0758. The molecule has 3 rings (SSSR count). The molecule has 2 aromatic rings. The zero-order valence-electron chi connectivity index (χ0n) is 11.8. The molecule has 1 aromatic heterocycles. The van der Waals surface area contributed by atoms with Crippen molar-refractivity contribution in [1.82, 2.24) is 15.1 Å². The number of carbonyl (C=O) groups is 1. The highest BCUT2D eigenvalue weighted by Crippen LogP contribution is 2.22. The molecular weight excluding hydrogens is 286 g/mol. The SMILES string of the molecule is O=C(c1cccc(Cl)c1)N1CCC[C@@H](Cc2ccn[nH]2)C1. The zero-order chi connectivity index (χ0) is 14.7. The molecule has 1 aliphatic heterocycles. The summed E-state index contributed by atoms with van der Waals surface area (Å²) in [5, 5.41) is 7.58. The molecule has 0 radical (unpaired) electrons. The molecule has 4 nitrogen and oxygen atoms in total. The van der Waals surface area contributed by atoms with E-state index in [-0.39, 0.29) is 5.91 Å². The molecule has 1 N–H and O–H groups in total. The summed E-state index contributed by atoms with van der Waals surface area (Å²) in [4.78, 5) is 14.5. The summed E-state index contributed by atoms with van der Waals surface area (Å²) in [6, 6.07) is 9.17. The minimum atomic E-state index is 0.0758. The molecular formula is C16H18ClN3O. The van der Waals surface area contributed by atoms with Crippen LogP contribution in [0.2, 0.25) is 5.02 Å². The van der Waals surface area contributed by atoms with Gasteiger partial charge in [0, 0.05) is 35.6 Å². The maximum atomic E-state index is 12.5. The highest BCUT2D eigenvalue weighted by atomic mass is 35.5. The lowest BCUT2D eigenvalue weighted by Gasteiger charge is -2.32. The maximum absolute atomic E-state index is 12.5. The second kappa shape index (κ2) is 6.31. The van der Waals surface area contributed by atoms with Crippen LogP contribution in [0.5, 0.6) is 0 Å². The lowest BCUT2D eigenvalue weighted by Crippen LogP contribution is -2.40. The van der Waals surface area contributed by atoms with Crippen molar-refractivity contribution >= 4 is 17.5 Å². The molecule has 0 saturated carbocycles. The summed E-state index contributed by atoms with van der Waals surface area (Å²) in [6.45, 7) is 1.62. The summed E-state index contributed by atoms with van der Waals surface area (Å²) in [7, 11) is 0. The molecule has 1 aliphatic rings. The Bertz CT molecular complexity index is 612. The van der Waals surface area contributed by atoms with E-state index in [1.54, 1.807) is 18.3 Å². The number of hydrogen-bond acceptors (Lipinski definition) is 2. The Morgan fingerprint density at radius 1 is 1.43 bits per heavy atom. The first-order valence-electron chi connectivity index (χ1n) is 7.25. The first-order valence-corrected chi connectivity index (χ1v) is 7.63. The number of H-pyrrole nitrogens is 1. The van der Waals surface area contributed by atoms with Gasteiger partial charge in [-0.05, 0) is 49.4 Å². The van der Waals surface area contributed by atoms with E-state index in [9.17, 15) is 4.79 Å². The fourth-order valence-corrected chi connectivity index (χ4v) is 3.12. The van der Waals surface area contributed by atoms with Gasteiger partial charge in [-0.3, -0.25) is 9.89 Å². The summed E-state index contributed by atoms with van der Waals surface area (Å²) >= 11 is 5.97. The van der Waals surface area contributed by atoms with Crippen molar-refractivity contribution in [2.75, 3.05) is 13.1 Å². The summed E-state index contributed by atoms with van der Waals surface area (Å²) in [6.07, 6.45) is 4.91. The number of rotatable bonds is 3. The number of hydrogen-bond donors (Lipinski definition) is 1. The number of likely N-dealkylation sites (tertiary alicyclic amines) is 1. The molecule has 1 fully saturated rings. The normalized spacial score (nSPS) is 18.7. The second-order valence-electron chi connectivity index (χ2n) is 5.56. The Morgan fingerprint density at radius 2 is 2.33 bits per heavy atom. The van der Waals surface area contributed by atoms with Gasteiger partial charge in [-0.25, -0.2) is 0 Å². The van der Waals surface area contributed by atoms with Gasteiger partial charge in [0.25, 0.3) is 5.91 Å². The fraction of sp³-hybridized carbons (Fsp3) is 0.375. The van der Waals surface area contributed by atoms with Crippen LogP contribution in [0, 0.1) is 5.92 Å². The molecule has 0 bridgehead atoms. The predicted molar refractivity (Wildman–Crippen MR) is 82.4 cm³/mol. The Hall–Kier alpha value is -1.81. The van der Waals surface area contributed by atoms with Crippen molar-refractivity contribution in [2.45, 2.75) is 19.3 Å². The van der Waals surface area contributed by atoms with E-state index in [0.29, 0.717) is 16.5 Å². The molecule has 0 spiro atoms. The van der Waals surface area contributed by atoms with Crippen LogP contribution >= 0.6 is 11.6 Å². The molecule has 0 aliphatic carbocycles. The molecule has 1 saturated heterocycles.